The predicted octanol–water partition coefficient (Wildman–Crippen LogP) is 5.06. The van der Waals surface area contributed by atoms with E-state index in [-0.39, 0.29) is 5.91 Å². The van der Waals surface area contributed by atoms with Crippen LogP contribution >= 0.6 is 11.6 Å². The number of aromatic nitrogens is 1. The molecule has 1 heterocycles. The molecule has 0 spiro atoms. The Labute approximate surface area is 187 Å². The van der Waals surface area contributed by atoms with Gasteiger partial charge in [-0.2, -0.15) is 0 Å². The van der Waals surface area contributed by atoms with Crippen molar-refractivity contribution in [3.05, 3.63) is 76.9 Å². The first kappa shape index (κ1) is 22.4. The third kappa shape index (κ3) is 5.47. The first-order valence-corrected chi connectivity index (χ1v) is 10.2. The molecule has 7 heteroatoms. The lowest BCUT2D eigenvalue weighted by molar-refractivity contribution is -0.124. The first-order chi connectivity index (χ1) is 14.9. The Morgan fingerprint density at radius 1 is 1.06 bits per heavy atom. The third-order valence-corrected chi connectivity index (χ3v) is 5.19. The second kappa shape index (κ2) is 10.2. The highest BCUT2D eigenvalue weighted by molar-refractivity contribution is 6.31. The number of benzene rings is 2. The van der Waals surface area contributed by atoms with Gasteiger partial charge in [0.05, 0.1) is 20.8 Å². The number of aryl methyl sites for hydroxylation is 1. The second-order valence-electron chi connectivity index (χ2n) is 6.97. The number of anilines is 1. The Bertz CT molecular complexity index is 1040. The maximum absolute atomic E-state index is 13.4. The molecule has 3 aromatic rings. The predicted molar refractivity (Wildman–Crippen MR) is 121 cm³/mol. The molecular formula is C24H25ClN2O4. The molecule has 1 aromatic heterocycles. The van der Waals surface area contributed by atoms with Crippen molar-refractivity contribution in [2.45, 2.75) is 26.5 Å². The van der Waals surface area contributed by atoms with Crippen LogP contribution in [0, 0.1) is 6.92 Å². The zero-order valence-corrected chi connectivity index (χ0v) is 18.7. The topological polar surface area (TPSA) is 60.9 Å². The van der Waals surface area contributed by atoms with Gasteiger partial charge in [-0.05, 0) is 67.4 Å². The minimum atomic E-state index is -0.734. The zero-order valence-electron chi connectivity index (χ0n) is 18.0. The smallest absolute Gasteiger partial charge is 0.269 e. The number of pyridine rings is 1. The highest BCUT2D eigenvalue weighted by atomic mass is 35.5. The summed E-state index contributed by atoms with van der Waals surface area (Å²) < 4.78 is 16.6. The molecule has 0 aliphatic rings. The molecule has 0 radical (unpaired) electrons. The summed E-state index contributed by atoms with van der Waals surface area (Å²) in [6.45, 7) is 3.90. The average Bonchev–Trinajstić information content (AvgIpc) is 2.79. The summed E-state index contributed by atoms with van der Waals surface area (Å²) in [6, 6.07) is 16.3. The summed E-state index contributed by atoms with van der Waals surface area (Å²) >= 11 is 6.09. The van der Waals surface area contributed by atoms with E-state index in [4.69, 9.17) is 25.8 Å². The van der Waals surface area contributed by atoms with Crippen LogP contribution in [0.3, 0.4) is 0 Å². The number of methoxy groups -OCH3 is 2. The van der Waals surface area contributed by atoms with Crippen LogP contribution in [0.25, 0.3) is 0 Å². The van der Waals surface area contributed by atoms with E-state index >= 15 is 0 Å². The van der Waals surface area contributed by atoms with Crippen LogP contribution in [0.2, 0.25) is 5.02 Å². The maximum Gasteiger partial charge on any atom is 0.269 e. The number of carbonyl (C=O) groups excluding carboxylic acids is 1. The Morgan fingerprint density at radius 3 is 2.48 bits per heavy atom. The van der Waals surface area contributed by atoms with Crippen molar-refractivity contribution < 1.29 is 19.0 Å². The van der Waals surface area contributed by atoms with Crippen molar-refractivity contribution in [3.63, 3.8) is 0 Å². The molecule has 0 saturated carbocycles. The van der Waals surface area contributed by atoms with E-state index in [1.165, 1.54) is 0 Å². The molecule has 2 aromatic carbocycles. The summed E-state index contributed by atoms with van der Waals surface area (Å²) in [5, 5.41) is 0.648. The quantitative estimate of drug-likeness (QED) is 0.490. The molecule has 1 atom stereocenters. The zero-order chi connectivity index (χ0) is 22.4. The van der Waals surface area contributed by atoms with Gasteiger partial charge in [-0.15, -0.1) is 0 Å². The fraction of sp³-hybridized carbons (Fsp3) is 0.250. The van der Waals surface area contributed by atoms with Crippen molar-refractivity contribution in [1.29, 1.82) is 0 Å². The second-order valence-corrected chi connectivity index (χ2v) is 7.38. The summed E-state index contributed by atoms with van der Waals surface area (Å²) in [4.78, 5) is 19.3. The Morgan fingerprint density at radius 2 is 1.84 bits per heavy atom. The van der Waals surface area contributed by atoms with Gasteiger partial charge < -0.3 is 14.2 Å². The molecule has 0 unspecified atom stereocenters. The number of hydrogen-bond acceptors (Lipinski definition) is 5. The third-order valence-electron chi connectivity index (χ3n) is 4.77. The summed E-state index contributed by atoms with van der Waals surface area (Å²) in [7, 11) is 3.16. The van der Waals surface area contributed by atoms with E-state index in [9.17, 15) is 4.79 Å². The highest BCUT2D eigenvalue weighted by Gasteiger charge is 2.25. The fourth-order valence-electron chi connectivity index (χ4n) is 3.11. The van der Waals surface area contributed by atoms with Crippen LogP contribution in [-0.4, -0.2) is 31.2 Å². The summed E-state index contributed by atoms with van der Waals surface area (Å²) in [5.41, 5.74) is 1.75. The SMILES string of the molecule is COc1ccc(CN(C(=O)[C@@H](C)Oc2ccc(Cl)c(C)c2)c2ccccn2)cc1OC. The maximum atomic E-state index is 13.4. The lowest BCUT2D eigenvalue weighted by Gasteiger charge is -2.26. The minimum absolute atomic E-state index is 0.221. The van der Waals surface area contributed by atoms with E-state index in [0.717, 1.165) is 11.1 Å². The Kier molecular flexibility index (Phi) is 7.36. The standard InChI is InChI=1S/C24H25ClN2O4/c1-16-13-19(9-10-20(16)25)31-17(2)24(28)27(23-7-5-6-12-26-23)15-18-8-11-21(29-3)22(14-18)30-4/h5-14,17H,15H2,1-4H3/t17-/m1/s1. The van der Waals surface area contributed by atoms with Crippen LogP contribution in [0.5, 0.6) is 17.2 Å². The highest BCUT2D eigenvalue weighted by Crippen LogP contribution is 2.29. The van der Waals surface area contributed by atoms with Gasteiger partial charge in [0.15, 0.2) is 17.6 Å². The van der Waals surface area contributed by atoms with Gasteiger partial charge >= 0.3 is 0 Å². The molecule has 6 nitrogen and oxygen atoms in total. The Balaban J connectivity index is 1.86. The van der Waals surface area contributed by atoms with Crippen molar-refractivity contribution >= 4 is 23.3 Å². The fourth-order valence-corrected chi connectivity index (χ4v) is 3.23. The van der Waals surface area contributed by atoms with Gasteiger partial charge in [-0.1, -0.05) is 23.7 Å². The molecule has 1 amide bonds. The van der Waals surface area contributed by atoms with E-state index in [1.807, 2.05) is 37.3 Å². The Hall–Kier alpha value is -3.25. The lowest BCUT2D eigenvalue weighted by atomic mass is 10.1. The van der Waals surface area contributed by atoms with Crippen molar-refractivity contribution in [3.8, 4) is 17.2 Å². The number of nitrogens with zero attached hydrogens (tertiary/aromatic N) is 2. The molecule has 0 saturated heterocycles. The molecule has 3 rings (SSSR count). The molecule has 0 fully saturated rings. The molecule has 31 heavy (non-hydrogen) atoms. The molecular weight excluding hydrogens is 416 g/mol. The molecule has 0 N–H and O–H groups in total. The van der Waals surface area contributed by atoms with E-state index in [0.29, 0.717) is 34.6 Å². The van der Waals surface area contributed by atoms with Crippen LogP contribution in [-0.2, 0) is 11.3 Å². The minimum Gasteiger partial charge on any atom is -0.493 e. The van der Waals surface area contributed by atoms with Crippen molar-refractivity contribution in [1.82, 2.24) is 4.98 Å². The van der Waals surface area contributed by atoms with E-state index in [1.54, 1.807) is 56.5 Å². The normalized spacial score (nSPS) is 11.5. The molecule has 0 bridgehead atoms. The van der Waals surface area contributed by atoms with Crippen molar-refractivity contribution in [2.75, 3.05) is 19.1 Å². The average molecular weight is 441 g/mol. The monoisotopic (exact) mass is 440 g/mol. The van der Waals surface area contributed by atoms with Crippen LogP contribution < -0.4 is 19.1 Å². The van der Waals surface area contributed by atoms with Crippen LogP contribution in [0.1, 0.15) is 18.1 Å². The number of halogens is 1. The van der Waals surface area contributed by atoms with Gasteiger partial charge in [-0.3, -0.25) is 9.69 Å². The van der Waals surface area contributed by atoms with Crippen LogP contribution in [0.4, 0.5) is 5.82 Å². The molecule has 0 aliphatic heterocycles. The summed E-state index contributed by atoms with van der Waals surface area (Å²) in [6.07, 6.45) is 0.918. The van der Waals surface area contributed by atoms with E-state index < -0.39 is 6.10 Å². The van der Waals surface area contributed by atoms with Gasteiger partial charge in [0.2, 0.25) is 0 Å². The van der Waals surface area contributed by atoms with Gasteiger partial charge in [0.25, 0.3) is 5.91 Å². The van der Waals surface area contributed by atoms with Crippen molar-refractivity contribution in [2.24, 2.45) is 0 Å². The van der Waals surface area contributed by atoms with Gasteiger partial charge in [0.1, 0.15) is 11.6 Å². The molecule has 162 valence electrons. The molecule has 0 aliphatic carbocycles. The summed E-state index contributed by atoms with van der Waals surface area (Å²) in [5.74, 6) is 2.10. The van der Waals surface area contributed by atoms with Gasteiger partial charge in [0, 0.05) is 11.2 Å². The largest absolute Gasteiger partial charge is 0.493 e. The lowest BCUT2D eigenvalue weighted by Crippen LogP contribution is -2.40. The van der Waals surface area contributed by atoms with E-state index in [2.05, 4.69) is 4.98 Å². The van der Waals surface area contributed by atoms with Gasteiger partial charge in [-0.25, -0.2) is 4.98 Å². The van der Waals surface area contributed by atoms with Crippen LogP contribution in [0.15, 0.2) is 60.8 Å². The number of amides is 1. The number of ether oxygens (including phenoxy) is 3. The first-order valence-electron chi connectivity index (χ1n) is 9.79. The number of carbonyl (C=O) groups is 1. The number of hydrogen-bond donors (Lipinski definition) is 0. The number of rotatable bonds is 8.